The van der Waals surface area contributed by atoms with E-state index in [1.54, 1.807) is 17.9 Å². The molecule has 2 aromatic heterocycles. The Kier molecular flexibility index (Phi) is 3.63. The number of hydrogen-bond donors (Lipinski definition) is 0. The number of benzene rings is 1. The zero-order valence-corrected chi connectivity index (χ0v) is 12.9. The van der Waals surface area contributed by atoms with Gasteiger partial charge in [-0.05, 0) is 19.4 Å². The van der Waals surface area contributed by atoms with Gasteiger partial charge >= 0.3 is 0 Å². The molecule has 0 unspecified atom stereocenters. The fraction of sp³-hybridized carbons (Fsp3) is 0.235. The fourth-order valence-electron chi connectivity index (χ4n) is 2.48. The van der Waals surface area contributed by atoms with Gasteiger partial charge in [0.25, 0.3) is 5.56 Å². The molecule has 5 nitrogen and oxygen atoms in total. The Morgan fingerprint density at radius 1 is 1.18 bits per heavy atom. The molecule has 0 atom stereocenters. The van der Waals surface area contributed by atoms with Crippen molar-refractivity contribution >= 4 is 0 Å². The molecule has 0 fully saturated rings. The quantitative estimate of drug-likeness (QED) is 0.746. The second kappa shape index (κ2) is 5.60. The maximum absolute atomic E-state index is 12.4. The van der Waals surface area contributed by atoms with E-state index in [2.05, 4.69) is 17.1 Å². The van der Waals surface area contributed by atoms with E-state index in [-0.39, 0.29) is 5.56 Å². The molecule has 112 valence electrons. The highest BCUT2D eigenvalue weighted by molar-refractivity contribution is 5.60. The van der Waals surface area contributed by atoms with Crippen molar-refractivity contribution in [3.63, 3.8) is 0 Å². The third kappa shape index (κ3) is 2.35. The molecule has 0 aliphatic heterocycles. The zero-order chi connectivity index (χ0) is 15.7. The van der Waals surface area contributed by atoms with E-state index in [9.17, 15) is 4.79 Å². The van der Waals surface area contributed by atoms with E-state index in [1.165, 1.54) is 4.68 Å². The lowest BCUT2D eigenvalue weighted by Gasteiger charge is -2.09. The van der Waals surface area contributed by atoms with Crippen molar-refractivity contribution in [1.29, 1.82) is 0 Å². The van der Waals surface area contributed by atoms with Gasteiger partial charge in [-0.25, -0.2) is 9.36 Å². The van der Waals surface area contributed by atoms with Crippen LogP contribution in [-0.2, 0) is 13.5 Å². The van der Waals surface area contributed by atoms with Crippen molar-refractivity contribution in [2.45, 2.75) is 20.3 Å². The Labute approximate surface area is 128 Å². The van der Waals surface area contributed by atoms with E-state index in [1.807, 2.05) is 43.3 Å². The highest BCUT2D eigenvalue weighted by Gasteiger charge is 2.15. The molecule has 0 bridgehead atoms. The molecule has 0 saturated heterocycles. The molecule has 2 heterocycles. The van der Waals surface area contributed by atoms with Crippen molar-refractivity contribution in [3.05, 3.63) is 64.2 Å². The van der Waals surface area contributed by atoms with E-state index < -0.39 is 0 Å². The molecular formula is C17H18N4O. The molecule has 1 aromatic carbocycles. The fourth-order valence-corrected chi connectivity index (χ4v) is 2.48. The van der Waals surface area contributed by atoms with Crippen molar-refractivity contribution in [1.82, 2.24) is 19.6 Å². The van der Waals surface area contributed by atoms with Gasteiger partial charge in [-0.3, -0.25) is 4.79 Å². The van der Waals surface area contributed by atoms with Crippen LogP contribution in [0.1, 0.15) is 18.2 Å². The normalized spacial score (nSPS) is 10.9. The third-order valence-electron chi connectivity index (χ3n) is 3.72. The first-order valence-corrected chi connectivity index (χ1v) is 7.29. The summed E-state index contributed by atoms with van der Waals surface area (Å²) < 4.78 is 3.09. The van der Waals surface area contributed by atoms with Crippen LogP contribution in [0.3, 0.4) is 0 Å². The number of nitrogens with zero attached hydrogens (tertiary/aromatic N) is 4. The van der Waals surface area contributed by atoms with Gasteiger partial charge < -0.3 is 0 Å². The largest absolute Gasteiger partial charge is 0.292 e. The van der Waals surface area contributed by atoms with Gasteiger partial charge in [0.2, 0.25) is 0 Å². The summed E-state index contributed by atoms with van der Waals surface area (Å²) in [6.07, 6.45) is 2.49. The van der Waals surface area contributed by atoms with Gasteiger partial charge in [0.15, 0.2) is 0 Å². The lowest BCUT2D eigenvalue weighted by atomic mass is 10.1. The number of hydrogen-bond acceptors (Lipinski definition) is 3. The standard InChI is InChI=1S/C17H18N4O/c1-4-14-10-15(13-8-6-5-7-9-13)19-21(14)16-12(2)11-18-20(3)17(16)22/h5-11H,4H2,1-3H3. The van der Waals surface area contributed by atoms with Crippen LogP contribution in [0.2, 0.25) is 0 Å². The molecule has 0 spiro atoms. The maximum Gasteiger partial charge on any atom is 0.292 e. The van der Waals surface area contributed by atoms with Crippen LogP contribution in [-0.4, -0.2) is 19.6 Å². The zero-order valence-electron chi connectivity index (χ0n) is 12.9. The van der Waals surface area contributed by atoms with Gasteiger partial charge in [0.05, 0.1) is 11.9 Å². The molecule has 0 radical (unpaired) electrons. The molecule has 0 N–H and O–H groups in total. The molecule has 3 aromatic rings. The SMILES string of the molecule is CCc1cc(-c2ccccc2)nn1-c1c(C)cnn(C)c1=O. The van der Waals surface area contributed by atoms with Crippen LogP contribution in [0.4, 0.5) is 0 Å². The van der Waals surface area contributed by atoms with Crippen LogP contribution in [0.5, 0.6) is 0 Å². The number of aromatic nitrogens is 4. The van der Waals surface area contributed by atoms with Crippen molar-refractivity contribution < 1.29 is 0 Å². The second-order valence-electron chi connectivity index (χ2n) is 5.26. The predicted molar refractivity (Wildman–Crippen MR) is 86.2 cm³/mol. The van der Waals surface area contributed by atoms with Gasteiger partial charge in [-0.1, -0.05) is 37.3 Å². The van der Waals surface area contributed by atoms with Crippen LogP contribution < -0.4 is 5.56 Å². The summed E-state index contributed by atoms with van der Waals surface area (Å²) in [6, 6.07) is 12.0. The Morgan fingerprint density at radius 2 is 1.91 bits per heavy atom. The summed E-state index contributed by atoms with van der Waals surface area (Å²) in [7, 11) is 1.65. The third-order valence-corrected chi connectivity index (χ3v) is 3.72. The maximum atomic E-state index is 12.4. The van der Waals surface area contributed by atoms with Crippen LogP contribution >= 0.6 is 0 Å². The molecule has 0 saturated carbocycles. The van der Waals surface area contributed by atoms with Crippen LogP contribution in [0.25, 0.3) is 16.9 Å². The Hall–Kier alpha value is -2.69. The summed E-state index contributed by atoms with van der Waals surface area (Å²) in [5.74, 6) is 0. The Balaban J connectivity index is 2.23. The summed E-state index contributed by atoms with van der Waals surface area (Å²) in [5, 5.41) is 8.71. The predicted octanol–water partition coefficient (Wildman–Crippen LogP) is 2.50. The molecule has 0 aliphatic carbocycles. The van der Waals surface area contributed by atoms with E-state index in [0.29, 0.717) is 5.69 Å². The summed E-state index contributed by atoms with van der Waals surface area (Å²) in [4.78, 5) is 12.4. The highest BCUT2D eigenvalue weighted by atomic mass is 16.1. The summed E-state index contributed by atoms with van der Waals surface area (Å²) >= 11 is 0. The molecule has 22 heavy (non-hydrogen) atoms. The lowest BCUT2D eigenvalue weighted by molar-refractivity contribution is 0.677. The monoisotopic (exact) mass is 294 g/mol. The molecule has 0 aliphatic rings. The second-order valence-corrected chi connectivity index (χ2v) is 5.26. The minimum atomic E-state index is -0.141. The Bertz CT molecular complexity index is 862. The first-order valence-electron chi connectivity index (χ1n) is 7.29. The van der Waals surface area contributed by atoms with Crippen molar-refractivity contribution in [2.24, 2.45) is 7.05 Å². The van der Waals surface area contributed by atoms with Crippen LogP contribution in [0, 0.1) is 6.92 Å². The minimum Gasteiger partial charge on any atom is -0.265 e. The number of aryl methyl sites for hydroxylation is 3. The molecular weight excluding hydrogens is 276 g/mol. The first kappa shape index (κ1) is 14.3. The smallest absolute Gasteiger partial charge is 0.265 e. The average molecular weight is 294 g/mol. The van der Waals surface area contributed by atoms with Crippen molar-refractivity contribution in [2.75, 3.05) is 0 Å². The number of rotatable bonds is 3. The minimum absolute atomic E-state index is 0.141. The average Bonchev–Trinajstić information content (AvgIpc) is 2.96. The topological polar surface area (TPSA) is 52.7 Å². The molecule has 5 heteroatoms. The summed E-state index contributed by atoms with van der Waals surface area (Å²) in [6.45, 7) is 3.94. The lowest BCUT2D eigenvalue weighted by Crippen LogP contribution is -2.26. The van der Waals surface area contributed by atoms with Gasteiger partial charge in [0.1, 0.15) is 5.69 Å². The summed E-state index contributed by atoms with van der Waals surface area (Å²) in [5.41, 5.74) is 4.16. The molecule has 3 rings (SSSR count). The van der Waals surface area contributed by atoms with E-state index in [0.717, 1.165) is 28.9 Å². The van der Waals surface area contributed by atoms with Gasteiger partial charge in [-0.15, -0.1) is 0 Å². The van der Waals surface area contributed by atoms with Gasteiger partial charge in [-0.2, -0.15) is 10.2 Å². The first-order chi connectivity index (χ1) is 10.6. The van der Waals surface area contributed by atoms with E-state index in [4.69, 9.17) is 0 Å². The van der Waals surface area contributed by atoms with Crippen molar-refractivity contribution in [3.8, 4) is 16.9 Å². The molecule has 0 amide bonds. The van der Waals surface area contributed by atoms with Gasteiger partial charge in [0, 0.05) is 23.9 Å². The van der Waals surface area contributed by atoms with E-state index >= 15 is 0 Å². The Morgan fingerprint density at radius 3 is 2.59 bits per heavy atom. The highest BCUT2D eigenvalue weighted by Crippen LogP contribution is 2.21. The van der Waals surface area contributed by atoms with Crippen LogP contribution in [0.15, 0.2) is 47.4 Å².